The number of morpholine rings is 1. The monoisotopic (exact) mass is 401 g/mol. The van der Waals surface area contributed by atoms with E-state index in [0.29, 0.717) is 36.8 Å². The molecule has 0 spiro atoms. The minimum Gasteiger partial charge on any atom is -0.378 e. The lowest BCUT2D eigenvalue weighted by Crippen LogP contribution is -2.49. The van der Waals surface area contributed by atoms with Crippen LogP contribution in [-0.4, -0.2) is 73.3 Å². The summed E-state index contributed by atoms with van der Waals surface area (Å²) in [6, 6.07) is 9.21. The zero-order chi connectivity index (χ0) is 19.5. The van der Waals surface area contributed by atoms with Crippen LogP contribution in [0, 0.1) is 6.92 Å². The van der Waals surface area contributed by atoms with Gasteiger partial charge in [0.1, 0.15) is 5.82 Å². The number of aryl methyl sites for hydroxylation is 1. The molecule has 1 amide bonds. The van der Waals surface area contributed by atoms with E-state index in [0.717, 1.165) is 43.8 Å². The van der Waals surface area contributed by atoms with Crippen LogP contribution >= 0.6 is 11.6 Å². The molecule has 8 heteroatoms. The summed E-state index contributed by atoms with van der Waals surface area (Å²) in [5, 5.41) is 0.493. The van der Waals surface area contributed by atoms with Crippen molar-refractivity contribution in [3.63, 3.8) is 0 Å². The molecule has 2 aliphatic rings. The largest absolute Gasteiger partial charge is 0.378 e. The van der Waals surface area contributed by atoms with Crippen molar-refractivity contribution < 1.29 is 9.53 Å². The smallest absolute Gasteiger partial charge is 0.255 e. The first-order valence-electron chi connectivity index (χ1n) is 9.59. The average molecular weight is 402 g/mol. The Morgan fingerprint density at radius 1 is 1.00 bits per heavy atom. The fourth-order valence-corrected chi connectivity index (χ4v) is 3.76. The van der Waals surface area contributed by atoms with Crippen LogP contribution in [0.25, 0.3) is 0 Å². The van der Waals surface area contributed by atoms with Gasteiger partial charge in [-0.3, -0.25) is 4.79 Å². The second-order valence-electron chi connectivity index (χ2n) is 7.03. The number of piperazine rings is 1. The van der Waals surface area contributed by atoms with Gasteiger partial charge in [-0.25, -0.2) is 4.98 Å². The van der Waals surface area contributed by atoms with E-state index in [1.54, 1.807) is 12.1 Å². The first-order chi connectivity index (χ1) is 13.6. The van der Waals surface area contributed by atoms with Gasteiger partial charge in [0.25, 0.3) is 5.91 Å². The van der Waals surface area contributed by atoms with Gasteiger partial charge in [-0.05, 0) is 19.1 Å². The number of aromatic nitrogens is 2. The number of halogens is 1. The van der Waals surface area contributed by atoms with E-state index >= 15 is 0 Å². The Balaban J connectivity index is 1.44. The van der Waals surface area contributed by atoms with Gasteiger partial charge < -0.3 is 19.4 Å². The number of amides is 1. The maximum Gasteiger partial charge on any atom is 0.255 e. The first-order valence-corrected chi connectivity index (χ1v) is 9.97. The Bertz CT molecular complexity index is 848. The number of hydrogen-bond acceptors (Lipinski definition) is 6. The van der Waals surface area contributed by atoms with Crippen LogP contribution in [-0.2, 0) is 4.74 Å². The van der Waals surface area contributed by atoms with Crippen LogP contribution < -0.4 is 9.80 Å². The summed E-state index contributed by atoms with van der Waals surface area (Å²) in [5.41, 5.74) is 1.50. The molecule has 28 heavy (non-hydrogen) atoms. The molecule has 4 rings (SSSR count). The minimum atomic E-state index is -0.0237. The Kier molecular flexibility index (Phi) is 5.64. The van der Waals surface area contributed by atoms with Crippen LogP contribution in [0.2, 0.25) is 5.02 Å². The molecule has 0 bridgehead atoms. The number of hydrogen-bond donors (Lipinski definition) is 0. The predicted octanol–water partition coefficient (Wildman–Crippen LogP) is 2.24. The summed E-state index contributed by atoms with van der Waals surface area (Å²) in [6.45, 7) is 7.76. The fourth-order valence-electron chi connectivity index (χ4n) is 3.55. The molecule has 0 N–H and O–H groups in total. The van der Waals surface area contributed by atoms with Crippen LogP contribution in [0.4, 0.5) is 11.8 Å². The quantitative estimate of drug-likeness (QED) is 0.786. The van der Waals surface area contributed by atoms with Crippen LogP contribution in [0.5, 0.6) is 0 Å². The maximum atomic E-state index is 12.8. The van der Waals surface area contributed by atoms with Gasteiger partial charge in [-0.2, -0.15) is 4.98 Å². The lowest BCUT2D eigenvalue weighted by Gasteiger charge is -2.35. The Labute approximate surface area is 169 Å². The van der Waals surface area contributed by atoms with Gasteiger partial charge >= 0.3 is 0 Å². The van der Waals surface area contributed by atoms with E-state index in [-0.39, 0.29) is 5.91 Å². The highest BCUT2D eigenvalue weighted by molar-refractivity contribution is 6.33. The molecule has 0 atom stereocenters. The van der Waals surface area contributed by atoms with Crippen molar-refractivity contribution in [3.05, 3.63) is 46.6 Å². The number of anilines is 2. The molecule has 0 saturated carbocycles. The number of ether oxygens (including phenoxy) is 1. The van der Waals surface area contributed by atoms with Crippen molar-refractivity contribution in [1.82, 2.24) is 14.9 Å². The molecule has 7 nitrogen and oxygen atoms in total. The Morgan fingerprint density at radius 2 is 1.71 bits per heavy atom. The standard InChI is InChI=1S/C20H24ClN5O2/c1-15-14-18(24-10-12-28-13-11-24)23-20(22-15)26-8-6-25(7-9-26)19(27)16-4-2-3-5-17(16)21/h2-5,14H,6-13H2,1H3. The van der Waals surface area contributed by atoms with E-state index in [9.17, 15) is 4.79 Å². The lowest BCUT2D eigenvalue weighted by molar-refractivity contribution is 0.0746. The van der Waals surface area contributed by atoms with Crippen LogP contribution in [0.15, 0.2) is 30.3 Å². The van der Waals surface area contributed by atoms with Crippen molar-refractivity contribution in [3.8, 4) is 0 Å². The third kappa shape index (κ3) is 4.05. The highest BCUT2D eigenvalue weighted by Crippen LogP contribution is 2.21. The second kappa shape index (κ2) is 8.32. The molecular formula is C20H24ClN5O2. The number of nitrogens with zero attached hydrogens (tertiary/aromatic N) is 5. The normalized spacial score (nSPS) is 17.7. The summed E-state index contributed by atoms with van der Waals surface area (Å²) in [7, 11) is 0. The van der Waals surface area contributed by atoms with E-state index in [1.807, 2.05) is 30.0 Å². The minimum absolute atomic E-state index is 0.0237. The molecular weight excluding hydrogens is 378 g/mol. The number of carbonyl (C=O) groups excluding carboxylic acids is 1. The SMILES string of the molecule is Cc1cc(N2CCOCC2)nc(N2CCN(C(=O)c3ccccc3Cl)CC2)n1. The van der Waals surface area contributed by atoms with Crippen molar-refractivity contribution in [2.24, 2.45) is 0 Å². The zero-order valence-corrected chi connectivity index (χ0v) is 16.7. The highest BCUT2D eigenvalue weighted by Gasteiger charge is 2.25. The molecule has 2 aromatic rings. The topological polar surface area (TPSA) is 61.8 Å². The second-order valence-corrected chi connectivity index (χ2v) is 7.43. The van der Waals surface area contributed by atoms with Crippen molar-refractivity contribution in [2.75, 3.05) is 62.3 Å². The van der Waals surface area contributed by atoms with Gasteiger partial charge in [0, 0.05) is 51.0 Å². The van der Waals surface area contributed by atoms with Gasteiger partial charge in [0.15, 0.2) is 0 Å². The summed E-state index contributed by atoms with van der Waals surface area (Å²) in [4.78, 5) is 28.4. The highest BCUT2D eigenvalue weighted by atomic mass is 35.5. The third-order valence-corrected chi connectivity index (χ3v) is 5.45. The fraction of sp³-hybridized carbons (Fsp3) is 0.450. The summed E-state index contributed by atoms with van der Waals surface area (Å²) >= 11 is 6.18. The molecule has 0 radical (unpaired) electrons. The summed E-state index contributed by atoms with van der Waals surface area (Å²) < 4.78 is 5.43. The average Bonchev–Trinajstić information content (AvgIpc) is 2.74. The number of benzene rings is 1. The summed E-state index contributed by atoms with van der Waals surface area (Å²) in [6.07, 6.45) is 0. The van der Waals surface area contributed by atoms with Gasteiger partial charge in [0.2, 0.25) is 5.95 Å². The zero-order valence-electron chi connectivity index (χ0n) is 16.0. The Morgan fingerprint density at radius 3 is 2.43 bits per heavy atom. The first kappa shape index (κ1) is 19.0. The van der Waals surface area contributed by atoms with Gasteiger partial charge in [-0.1, -0.05) is 23.7 Å². The lowest BCUT2D eigenvalue weighted by atomic mass is 10.2. The molecule has 3 heterocycles. The molecule has 2 saturated heterocycles. The maximum absolute atomic E-state index is 12.8. The van der Waals surface area contributed by atoms with Crippen molar-refractivity contribution >= 4 is 29.3 Å². The molecule has 0 unspecified atom stereocenters. The van der Waals surface area contributed by atoms with Crippen molar-refractivity contribution in [1.29, 1.82) is 0 Å². The molecule has 0 aliphatic carbocycles. The molecule has 1 aromatic carbocycles. The van der Waals surface area contributed by atoms with Crippen molar-refractivity contribution in [2.45, 2.75) is 6.92 Å². The van der Waals surface area contributed by atoms with Crippen LogP contribution in [0.3, 0.4) is 0 Å². The number of rotatable bonds is 3. The third-order valence-electron chi connectivity index (χ3n) is 5.12. The molecule has 2 aliphatic heterocycles. The number of carbonyl (C=O) groups is 1. The van der Waals surface area contributed by atoms with Crippen LogP contribution in [0.1, 0.15) is 16.1 Å². The van der Waals surface area contributed by atoms with E-state index in [4.69, 9.17) is 21.3 Å². The summed E-state index contributed by atoms with van der Waals surface area (Å²) in [5.74, 6) is 1.65. The van der Waals surface area contributed by atoms with E-state index < -0.39 is 0 Å². The predicted molar refractivity (Wildman–Crippen MR) is 109 cm³/mol. The van der Waals surface area contributed by atoms with E-state index in [2.05, 4.69) is 14.8 Å². The molecule has 148 valence electrons. The van der Waals surface area contributed by atoms with E-state index in [1.165, 1.54) is 0 Å². The van der Waals surface area contributed by atoms with Gasteiger partial charge in [-0.15, -0.1) is 0 Å². The Hall–Kier alpha value is -2.38. The molecule has 2 fully saturated rings. The molecule has 1 aromatic heterocycles. The van der Waals surface area contributed by atoms with Gasteiger partial charge in [0.05, 0.1) is 23.8 Å².